The van der Waals surface area contributed by atoms with E-state index in [9.17, 15) is 57.5 Å². The van der Waals surface area contributed by atoms with Gasteiger partial charge in [-0.15, -0.1) is 23.2 Å². The van der Waals surface area contributed by atoms with Gasteiger partial charge in [0.15, 0.2) is 0 Å². The van der Waals surface area contributed by atoms with Crippen molar-refractivity contribution in [2.24, 2.45) is 35.3 Å². The first kappa shape index (κ1) is 97.8. The van der Waals surface area contributed by atoms with Crippen LogP contribution in [0.1, 0.15) is 122 Å². The van der Waals surface area contributed by atoms with Gasteiger partial charge in [-0.05, 0) is 111 Å². The number of ether oxygens (including phenoxy) is 6. The molecule has 114 heavy (non-hydrogen) atoms. The van der Waals surface area contributed by atoms with Gasteiger partial charge in [-0.1, -0.05) is 111 Å². The van der Waals surface area contributed by atoms with E-state index >= 15 is 0 Å². The van der Waals surface area contributed by atoms with Crippen LogP contribution in [0.4, 0.5) is 21.9 Å². The molecular weight excluding hydrogens is 1520 g/mol. The lowest BCUT2D eigenvalue weighted by Crippen LogP contribution is -2.59. The lowest BCUT2D eigenvalue weighted by Gasteiger charge is -2.41. The third kappa shape index (κ3) is 33.3. The quantitative estimate of drug-likeness (QED) is 0.0272. The van der Waals surface area contributed by atoms with Gasteiger partial charge in [0.25, 0.3) is 5.91 Å². The van der Waals surface area contributed by atoms with Gasteiger partial charge < -0.3 is 97.1 Å². The average Bonchev–Trinajstić information content (AvgIpc) is 1.07. The Morgan fingerprint density at radius 2 is 1.18 bits per heavy atom. The number of hydrogen-bond acceptors (Lipinski definition) is 19. The fourth-order valence-corrected chi connectivity index (χ4v) is 13.6. The third-order valence-corrected chi connectivity index (χ3v) is 20.1. The molecule has 0 aromatic heterocycles. The second-order valence-corrected chi connectivity index (χ2v) is 30.0. The van der Waals surface area contributed by atoms with Crippen LogP contribution in [0.15, 0.2) is 72.8 Å². The van der Waals surface area contributed by atoms with Gasteiger partial charge >= 0.3 is 6.03 Å². The summed E-state index contributed by atoms with van der Waals surface area (Å²) < 4.78 is 34.3. The topological polar surface area (TPSA) is 416 Å². The number of benzene rings is 3. The predicted molar refractivity (Wildman–Crippen MR) is 435 cm³/mol. The smallest absolute Gasteiger partial charge is 0.312 e. The van der Waals surface area contributed by atoms with Gasteiger partial charge in [0.2, 0.25) is 59.1 Å². The molecule has 1 aliphatic heterocycles. The Labute approximate surface area is 681 Å². The molecule has 4 rings (SSSR count). The number of primary amides is 1. The molecule has 12 N–H and O–H groups in total. The van der Waals surface area contributed by atoms with Crippen LogP contribution < -0.4 is 58.9 Å². The van der Waals surface area contributed by atoms with Gasteiger partial charge in [0, 0.05) is 65.1 Å². The number of nitrogens with zero attached hydrogens (tertiary/aromatic N) is 3. The number of methoxy groups -OCH3 is 2. The Morgan fingerprint density at radius 1 is 0.579 bits per heavy atom. The Morgan fingerprint density at radius 3 is 1.75 bits per heavy atom. The van der Waals surface area contributed by atoms with Crippen LogP contribution in [0.25, 0.3) is 0 Å². The van der Waals surface area contributed by atoms with E-state index in [-0.39, 0.29) is 156 Å². The molecule has 0 aliphatic carbocycles. The number of urea groups is 1. The van der Waals surface area contributed by atoms with Crippen LogP contribution in [0, 0.1) is 29.6 Å². The number of hydrogen-bond donors (Lipinski definition) is 11. The minimum atomic E-state index is -1.12. The number of carbonyl (C=O) groups is 12. The van der Waals surface area contributed by atoms with Crippen molar-refractivity contribution in [2.45, 2.75) is 168 Å². The summed E-state index contributed by atoms with van der Waals surface area (Å²) in [6.45, 7) is 18.6. The Bertz CT molecular complexity index is 3540. The Hall–Kier alpha value is -8.60. The molecule has 1 fully saturated rings. The van der Waals surface area contributed by atoms with Gasteiger partial charge in [0.05, 0.1) is 100 Å². The number of halogens is 2. The zero-order valence-electron chi connectivity index (χ0n) is 68.6. The maximum absolute atomic E-state index is 14.7. The van der Waals surface area contributed by atoms with E-state index in [0.29, 0.717) is 37.9 Å². The first-order chi connectivity index (χ1) is 54.3. The molecule has 32 nitrogen and oxygen atoms in total. The van der Waals surface area contributed by atoms with Crippen molar-refractivity contribution in [1.82, 2.24) is 51.9 Å². The summed E-state index contributed by atoms with van der Waals surface area (Å²) >= 11 is 11.2. The zero-order chi connectivity index (χ0) is 84.6. The van der Waals surface area contributed by atoms with Crippen molar-refractivity contribution in [2.75, 3.05) is 142 Å². The molecule has 0 unspecified atom stereocenters. The first-order valence-electron chi connectivity index (χ1n) is 39.0. The monoisotopic (exact) mass is 1640 g/mol. The van der Waals surface area contributed by atoms with Crippen molar-refractivity contribution >= 4 is 111 Å². The van der Waals surface area contributed by atoms with Crippen LogP contribution >= 0.6 is 23.2 Å². The number of rotatable bonds is 53. The van der Waals surface area contributed by atoms with Crippen LogP contribution in [0.2, 0.25) is 0 Å². The maximum Gasteiger partial charge on any atom is 0.312 e. The minimum absolute atomic E-state index is 0.0109. The predicted octanol–water partition coefficient (Wildman–Crippen LogP) is 4.58. The van der Waals surface area contributed by atoms with E-state index in [1.807, 2.05) is 90.9 Å². The molecule has 0 bridgehead atoms. The lowest BCUT2D eigenvalue weighted by atomic mass is 9.89. The van der Waals surface area contributed by atoms with E-state index in [4.69, 9.17) is 57.4 Å². The number of likely N-dealkylation sites (tertiary alicyclic amines) is 1. The van der Waals surface area contributed by atoms with Crippen molar-refractivity contribution in [1.29, 1.82) is 0 Å². The standard InChI is InChI=1S/C80H124Cl2N14O18/c1-15-52(8)71(95(12)79(107)69(50(4)5)93-78(106)70(51(6)7)94(10)11)63(109-13)45-67(100)96-35-20-24-62(96)72(110-14)53(9)73(101)91-61(43-55-21-17-16-18-22-55)75(103)84-33-31-54-25-28-57(29-26-54)87-76(104)59(23-19-32-86-80(83)108)90-77(105)68(49(2)3)92-66(99)48-114-42-41-113-40-39-112-38-37-111-36-34-85-74(102)56-27-30-58(88-64(97)46-81)60(44-56)89-65(98)47-82/h16-18,21-22,25-30,44,49-53,59,61-63,68-72H,15,19-20,23-24,31-43,45-48H2,1-14H3,(H,84,103)(H,85,102)(H,87,104)(H,88,97)(H,89,98)(H,90,105)(H,91,101)(H,92,99)(H,93,106)(H3,83,86,108)/t52-,53+,59+,61+,62-,63+,68-,69+,70-,71-,72+/m0/s1. The number of likely N-dealkylation sites (N-methyl/N-ethyl adjacent to an activating group) is 2. The summed E-state index contributed by atoms with van der Waals surface area (Å²) in [6.07, 6.45) is 1.17. The molecular formula is C80H124Cl2N14O18. The summed E-state index contributed by atoms with van der Waals surface area (Å²) in [6, 6.07) is 14.2. The van der Waals surface area contributed by atoms with Crippen LogP contribution in [0.5, 0.6) is 0 Å². The van der Waals surface area contributed by atoms with Crippen LogP contribution in [0.3, 0.4) is 0 Å². The minimum Gasteiger partial charge on any atom is -0.379 e. The molecule has 13 amide bonds. The first-order valence-corrected chi connectivity index (χ1v) is 40.1. The van der Waals surface area contributed by atoms with Crippen molar-refractivity contribution < 1.29 is 86.0 Å². The molecule has 1 saturated heterocycles. The molecule has 0 radical (unpaired) electrons. The highest BCUT2D eigenvalue weighted by Gasteiger charge is 2.44. The van der Waals surface area contributed by atoms with Gasteiger partial charge in [-0.2, -0.15) is 0 Å². The molecule has 3 aromatic rings. The lowest BCUT2D eigenvalue weighted by molar-refractivity contribution is -0.148. The molecule has 3 aromatic carbocycles. The van der Waals surface area contributed by atoms with Gasteiger partial charge in [-0.25, -0.2) is 4.79 Å². The fourth-order valence-electron chi connectivity index (χ4n) is 13.4. The highest BCUT2D eigenvalue weighted by Crippen LogP contribution is 2.31. The number of nitrogens with two attached hydrogens (primary N) is 1. The molecule has 1 heterocycles. The fraction of sp³-hybridized carbons (Fsp3) is 0.625. The molecule has 34 heteroatoms. The van der Waals surface area contributed by atoms with Gasteiger partial charge in [0.1, 0.15) is 42.5 Å². The summed E-state index contributed by atoms with van der Waals surface area (Å²) in [4.78, 5) is 166. The second-order valence-electron chi connectivity index (χ2n) is 29.5. The summed E-state index contributed by atoms with van der Waals surface area (Å²) in [5, 5.41) is 27.6. The third-order valence-electron chi connectivity index (χ3n) is 19.6. The summed E-state index contributed by atoms with van der Waals surface area (Å²) in [5.74, 6) is -7.19. The van der Waals surface area contributed by atoms with E-state index in [1.165, 1.54) is 32.4 Å². The van der Waals surface area contributed by atoms with Crippen molar-refractivity contribution in [3.8, 4) is 0 Å². The second kappa shape index (κ2) is 52.1. The van der Waals surface area contributed by atoms with E-state index in [1.54, 1.807) is 61.9 Å². The molecule has 0 saturated carbocycles. The van der Waals surface area contributed by atoms with Crippen molar-refractivity contribution in [3.63, 3.8) is 0 Å². The largest absolute Gasteiger partial charge is 0.379 e. The Kier molecular flexibility index (Phi) is 44.7. The highest BCUT2D eigenvalue weighted by molar-refractivity contribution is 6.30. The average molecular weight is 1640 g/mol. The number of alkyl halides is 2. The molecule has 636 valence electrons. The number of amides is 13. The SMILES string of the molecule is CC[C@H](C)[C@@H]([C@@H](CC(=O)N1CCC[C@H]1[C@H](OC)[C@@H](C)C(=O)N[C@H](Cc1ccccc1)C(=O)NCCc1ccc(NC(=O)[C@@H](CCCNC(N)=O)NC(=O)[C@@H](NC(=O)COCCOCCOCCOCCNC(=O)c2ccc(NC(=O)CCl)c(NC(=O)CCl)c2)C(C)C)cc1)OC)N(C)C(=O)[C@H](NC(=O)[C@H](C(C)C)N(C)C)C(C)C. The van der Waals surface area contributed by atoms with E-state index in [2.05, 4.69) is 53.2 Å². The normalized spacial score (nSPS) is 15.4. The number of carbonyl (C=O) groups excluding carboxylic acids is 12. The molecule has 1 aliphatic rings. The van der Waals surface area contributed by atoms with Crippen LogP contribution in [-0.4, -0.2) is 266 Å². The molecule has 0 spiro atoms. The maximum atomic E-state index is 14.7. The summed E-state index contributed by atoms with van der Waals surface area (Å²) in [5.41, 5.74) is 7.91. The van der Waals surface area contributed by atoms with Gasteiger partial charge in [-0.3, -0.25) is 57.6 Å². The molecule has 11 atom stereocenters. The number of nitrogens with one attached hydrogen (secondary N) is 10. The van der Waals surface area contributed by atoms with Crippen LogP contribution in [-0.2, 0) is 89.2 Å². The zero-order valence-corrected chi connectivity index (χ0v) is 70.1. The van der Waals surface area contributed by atoms with E-state index in [0.717, 1.165) is 11.1 Å². The highest BCUT2D eigenvalue weighted by atomic mass is 35.5. The van der Waals surface area contributed by atoms with E-state index < -0.39 is 126 Å². The Balaban J connectivity index is 1.27. The van der Waals surface area contributed by atoms with Crippen molar-refractivity contribution in [3.05, 3.63) is 89.5 Å². The summed E-state index contributed by atoms with van der Waals surface area (Å²) in [7, 11) is 8.40. The number of anilines is 3.